The molecule has 1 saturated carbocycles. The van der Waals surface area contributed by atoms with E-state index in [0.717, 1.165) is 23.3 Å². The highest BCUT2D eigenvalue weighted by atomic mass is 79.9. The molecule has 1 heterocycles. The quantitative estimate of drug-likeness (QED) is 0.843. The van der Waals surface area contributed by atoms with Gasteiger partial charge in [-0.2, -0.15) is 0 Å². The third-order valence-electron chi connectivity index (χ3n) is 3.04. The highest BCUT2D eigenvalue weighted by molar-refractivity contribution is 9.10. The van der Waals surface area contributed by atoms with Gasteiger partial charge < -0.3 is 10.1 Å². The first-order valence-electron chi connectivity index (χ1n) is 6.30. The Morgan fingerprint density at radius 3 is 2.88 bits per heavy atom. The molecule has 0 aliphatic heterocycles. The van der Waals surface area contributed by atoms with Crippen molar-refractivity contribution in [3.05, 3.63) is 22.9 Å². The summed E-state index contributed by atoms with van der Waals surface area (Å²) in [5, 5.41) is 3.31. The summed E-state index contributed by atoms with van der Waals surface area (Å²) >= 11 is 3.40. The van der Waals surface area contributed by atoms with Crippen LogP contribution in [0.3, 0.4) is 0 Å². The lowest BCUT2D eigenvalue weighted by molar-refractivity contribution is 0.0347. The lowest BCUT2D eigenvalue weighted by atomic mass is 9.98. The molecule has 0 aromatic carbocycles. The molecular formula is C13H19BrN2O. The van der Waals surface area contributed by atoms with E-state index < -0.39 is 0 Å². The smallest absolute Gasteiger partial charge is 0.0642 e. The fourth-order valence-electron chi connectivity index (χ4n) is 2.16. The molecule has 1 aliphatic carbocycles. The molecule has 0 spiro atoms. The molecule has 3 nitrogen and oxygen atoms in total. The predicted octanol–water partition coefficient (Wildman–Crippen LogP) is 3.61. The number of nitrogens with one attached hydrogen (secondary N) is 1. The number of aromatic nitrogens is 1. The summed E-state index contributed by atoms with van der Waals surface area (Å²) in [6.45, 7) is 1.62. The van der Waals surface area contributed by atoms with Gasteiger partial charge in [0.2, 0.25) is 0 Å². The van der Waals surface area contributed by atoms with Crippen molar-refractivity contribution in [2.24, 2.45) is 0 Å². The monoisotopic (exact) mass is 298 g/mol. The molecule has 0 saturated heterocycles. The molecule has 1 N–H and O–H groups in total. The second-order valence-electron chi connectivity index (χ2n) is 4.45. The molecular weight excluding hydrogens is 280 g/mol. The Balaban J connectivity index is 1.62. The van der Waals surface area contributed by atoms with Gasteiger partial charge in [0.05, 0.1) is 24.6 Å². The largest absolute Gasteiger partial charge is 0.381 e. The molecule has 0 radical (unpaired) electrons. The van der Waals surface area contributed by atoms with Crippen molar-refractivity contribution in [1.82, 2.24) is 4.98 Å². The first-order chi connectivity index (χ1) is 8.34. The maximum Gasteiger partial charge on any atom is 0.0642 e. The minimum atomic E-state index is 0.492. The summed E-state index contributed by atoms with van der Waals surface area (Å²) in [5.41, 5.74) is 1.03. The molecule has 17 heavy (non-hydrogen) atoms. The number of ether oxygens (including phenoxy) is 1. The lowest BCUT2D eigenvalue weighted by Crippen LogP contribution is -2.20. The first-order valence-corrected chi connectivity index (χ1v) is 7.10. The number of hydrogen-bond acceptors (Lipinski definition) is 3. The van der Waals surface area contributed by atoms with E-state index in [-0.39, 0.29) is 0 Å². The number of nitrogens with zero attached hydrogens (tertiary/aromatic N) is 1. The van der Waals surface area contributed by atoms with Crippen LogP contribution in [0.15, 0.2) is 22.9 Å². The minimum Gasteiger partial charge on any atom is -0.381 e. The summed E-state index contributed by atoms with van der Waals surface area (Å²) in [6.07, 6.45) is 10.6. The van der Waals surface area contributed by atoms with Gasteiger partial charge in [-0.1, -0.05) is 19.3 Å². The van der Waals surface area contributed by atoms with Gasteiger partial charge in [0.15, 0.2) is 0 Å². The first kappa shape index (κ1) is 12.8. The van der Waals surface area contributed by atoms with Crippen molar-refractivity contribution in [3.8, 4) is 0 Å². The van der Waals surface area contributed by atoms with E-state index in [9.17, 15) is 0 Å². The second kappa shape index (κ2) is 6.97. The van der Waals surface area contributed by atoms with Crippen molar-refractivity contribution in [1.29, 1.82) is 0 Å². The Morgan fingerprint density at radius 1 is 1.29 bits per heavy atom. The fourth-order valence-corrected chi connectivity index (χ4v) is 2.53. The van der Waals surface area contributed by atoms with Crippen LogP contribution in [0.5, 0.6) is 0 Å². The van der Waals surface area contributed by atoms with Gasteiger partial charge in [0.25, 0.3) is 0 Å². The molecule has 0 bridgehead atoms. The van der Waals surface area contributed by atoms with E-state index in [1.807, 2.05) is 12.3 Å². The maximum atomic E-state index is 5.84. The Bertz CT molecular complexity index is 340. The van der Waals surface area contributed by atoms with E-state index >= 15 is 0 Å². The number of halogens is 1. The summed E-state index contributed by atoms with van der Waals surface area (Å²) in [7, 11) is 0. The SMILES string of the molecule is Brc1cncc(NCCOC2CCCCC2)c1. The third kappa shape index (κ3) is 4.64. The van der Waals surface area contributed by atoms with Crippen LogP contribution in [-0.4, -0.2) is 24.2 Å². The van der Waals surface area contributed by atoms with E-state index in [0.29, 0.717) is 6.10 Å². The maximum absolute atomic E-state index is 5.84. The summed E-state index contributed by atoms with van der Waals surface area (Å²) in [5.74, 6) is 0. The predicted molar refractivity (Wildman–Crippen MR) is 73.3 cm³/mol. The normalized spacial score (nSPS) is 17.0. The average molecular weight is 299 g/mol. The molecule has 0 amide bonds. The average Bonchev–Trinajstić information content (AvgIpc) is 2.36. The van der Waals surface area contributed by atoms with Crippen molar-refractivity contribution in [2.75, 3.05) is 18.5 Å². The van der Waals surface area contributed by atoms with Crippen molar-refractivity contribution in [2.45, 2.75) is 38.2 Å². The van der Waals surface area contributed by atoms with Crippen molar-refractivity contribution < 1.29 is 4.74 Å². The molecule has 0 atom stereocenters. The van der Waals surface area contributed by atoms with Crippen molar-refractivity contribution in [3.63, 3.8) is 0 Å². The molecule has 0 unspecified atom stereocenters. The topological polar surface area (TPSA) is 34.2 Å². The summed E-state index contributed by atoms with van der Waals surface area (Å²) in [4.78, 5) is 4.10. The Hall–Kier alpha value is -0.610. The van der Waals surface area contributed by atoms with Gasteiger partial charge in [0, 0.05) is 17.2 Å². The van der Waals surface area contributed by atoms with Crippen LogP contribution in [0.4, 0.5) is 5.69 Å². The minimum absolute atomic E-state index is 0.492. The van der Waals surface area contributed by atoms with Crippen LogP contribution in [0.25, 0.3) is 0 Å². The molecule has 4 heteroatoms. The molecule has 2 rings (SSSR count). The highest BCUT2D eigenvalue weighted by Crippen LogP contribution is 2.20. The zero-order valence-corrected chi connectivity index (χ0v) is 11.6. The van der Waals surface area contributed by atoms with Crippen LogP contribution in [0.1, 0.15) is 32.1 Å². The van der Waals surface area contributed by atoms with E-state index in [1.165, 1.54) is 32.1 Å². The van der Waals surface area contributed by atoms with Crippen LogP contribution >= 0.6 is 15.9 Å². The van der Waals surface area contributed by atoms with Crippen molar-refractivity contribution >= 4 is 21.6 Å². The van der Waals surface area contributed by atoms with Crippen LogP contribution < -0.4 is 5.32 Å². The van der Waals surface area contributed by atoms with E-state index in [1.54, 1.807) is 6.20 Å². The van der Waals surface area contributed by atoms with Gasteiger partial charge >= 0.3 is 0 Å². The summed E-state index contributed by atoms with van der Waals surface area (Å²) < 4.78 is 6.84. The summed E-state index contributed by atoms with van der Waals surface area (Å²) in [6, 6.07) is 2.02. The zero-order valence-electron chi connectivity index (χ0n) is 9.99. The number of hydrogen-bond donors (Lipinski definition) is 1. The van der Waals surface area contributed by atoms with Gasteiger partial charge in [0.1, 0.15) is 0 Å². The van der Waals surface area contributed by atoms with Gasteiger partial charge in [-0.25, -0.2) is 0 Å². The molecule has 1 aromatic heterocycles. The lowest BCUT2D eigenvalue weighted by Gasteiger charge is -2.22. The number of anilines is 1. The van der Waals surface area contributed by atoms with E-state index in [4.69, 9.17) is 4.74 Å². The van der Waals surface area contributed by atoms with Gasteiger partial charge in [-0.15, -0.1) is 0 Å². The Kier molecular flexibility index (Phi) is 5.26. The van der Waals surface area contributed by atoms with Gasteiger partial charge in [-0.3, -0.25) is 4.98 Å². The molecule has 1 aromatic rings. The van der Waals surface area contributed by atoms with Gasteiger partial charge in [-0.05, 0) is 34.8 Å². The third-order valence-corrected chi connectivity index (χ3v) is 3.48. The van der Waals surface area contributed by atoms with Crippen LogP contribution in [0, 0.1) is 0 Å². The van der Waals surface area contributed by atoms with Crippen LogP contribution in [0.2, 0.25) is 0 Å². The zero-order chi connectivity index (χ0) is 11.9. The fraction of sp³-hybridized carbons (Fsp3) is 0.615. The standard InChI is InChI=1S/C13H19BrN2O/c14-11-8-12(10-15-9-11)16-6-7-17-13-4-2-1-3-5-13/h8-10,13,16H,1-7H2. The van der Waals surface area contributed by atoms with Crippen LogP contribution in [-0.2, 0) is 4.74 Å². The Morgan fingerprint density at radius 2 is 2.12 bits per heavy atom. The number of pyridine rings is 1. The Labute approximate surface area is 111 Å². The molecule has 1 fully saturated rings. The number of rotatable bonds is 5. The second-order valence-corrected chi connectivity index (χ2v) is 5.37. The highest BCUT2D eigenvalue weighted by Gasteiger charge is 2.12. The molecule has 1 aliphatic rings. The van der Waals surface area contributed by atoms with E-state index in [2.05, 4.69) is 26.2 Å². The molecule has 94 valence electrons.